The van der Waals surface area contributed by atoms with Gasteiger partial charge in [0.1, 0.15) is 5.75 Å². The van der Waals surface area contributed by atoms with Crippen molar-refractivity contribution in [2.75, 3.05) is 6.61 Å². The summed E-state index contributed by atoms with van der Waals surface area (Å²) in [6.07, 6.45) is -5.26. The van der Waals surface area contributed by atoms with Crippen molar-refractivity contribution < 1.29 is 17.9 Å². The van der Waals surface area contributed by atoms with E-state index in [4.69, 9.17) is 10.5 Å². The zero-order chi connectivity index (χ0) is 15.5. The molecule has 0 aliphatic rings. The van der Waals surface area contributed by atoms with Crippen LogP contribution in [0.4, 0.5) is 13.2 Å². The number of benzene rings is 2. The van der Waals surface area contributed by atoms with Crippen molar-refractivity contribution in [2.45, 2.75) is 32.0 Å². The molecule has 22 heavy (non-hydrogen) atoms. The van der Waals surface area contributed by atoms with E-state index in [0.717, 1.165) is 10.8 Å². The van der Waals surface area contributed by atoms with Gasteiger partial charge in [0.2, 0.25) is 0 Å². The van der Waals surface area contributed by atoms with Gasteiger partial charge in [0.15, 0.2) is 0 Å². The lowest BCUT2D eigenvalue weighted by atomic mass is 9.95. The fraction of sp³-hybridized carbons (Fsp3) is 0.375. The molecule has 2 aromatic carbocycles. The maximum Gasteiger partial charge on any atom is 0.389 e. The third-order valence-corrected chi connectivity index (χ3v) is 3.34. The van der Waals surface area contributed by atoms with Gasteiger partial charge in [-0.1, -0.05) is 30.3 Å². The summed E-state index contributed by atoms with van der Waals surface area (Å²) in [5.41, 5.74) is 6.67. The maximum atomic E-state index is 12.4. The Kier molecular flexibility index (Phi) is 6.50. The highest BCUT2D eigenvalue weighted by atomic mass is 35.5. The Morgan fingerprint density at radius 1 is 1.14 bits per heavy atom. The van der Waals surface area contributed by atoms with Crippen LogP contribution in [0.2, 0.25) is 0 Å². The van der Waals surface area contributed by atoms with Crippen LogP contribution in [-0.4, -0.2) is 12.8 Å². The van der Waals surface area contributed by atoms with Gasteiger partial charge in [-0.15, -0.1) is 12.4 Å². The molecule has 0 amide bonds. The molecule has 0 aliphatic heterocycles. The van der Waals surface area contributed by atoms with E-state index in [9.17, 15) is 13.2 Å². The highest BCUT2D eigenvalue weighted by Gasteiger charge is 2.29. The number of hydrogen-bond donors (Lipinski definition) is 1. The monoisotopic (exact) mass is 333 g/mol. The smallest absolute Gasteiger partial charge is 0.389 e. The second kappa shape index (κ2) is 7.70. The zero-order valence-electron chi connectivity index (χ0n) is 12.2. The summed E-state index contributed by atoms with van der Waals surface area (Å²) in [6, 6.07) is 10.5. The van der Waals surface area contributed by atoms with Gasteiger partial charge in [-0.25, -0.2) is 0 Å². The predicted octanol–water partition coefficient (Wildman–Crippen LogP) is 5.00. The predicted molar refractivity (Wildman–Crippen MR) is 84.6 cm³/mol. The SMILES string of the molecule is CCOc1ccc2ccccc2c1[C@H](N)CCC(F)(F)F.Cl. The number of hydrogen-bond acceptors (Lipinski definition) is 2. The minimum Gasteiger partial charge on any atom is -0.494 e. The summed E-state index contributed by atoms with van der Waals surface area (Å²) in [6.45, 7) is 2.28. The lowest BCUT2D eigenvalue weighted by Gasteiger charge is -2.19. The molecular weight excluding hydrogens is 315 g/mol. The highest BCUT2D eigenvalue weighted by Crippen LogP contribution is 2.35. The molecule has 0 unspecified atom stereocenters. The summed E-state index contributed by atoms with van der Waals surface area (Å²) in [7, 11) is 0. The maximum absolute atomic E-state index is 12.4. The van der Waals surface area contributed by atoms with E-state index in [-0.39, 0.29) is 18.8 Å². The van der Waals surface area contributed by atoms with Gasteiger partial charge in [0, 0.05) is 18.0 Å². The van der Waals surface area contributed by atoms with Gasteiger partial charge in [0.25, 0.3) is 0 Å². The molecule has 0 radical (unpaired) electrons. The van der Waals surface area contributed by atoms with Gasteiger partial charge in [0.05, 0.1) is 6.61 Å². The van der Waals surface area contributed by atoms with Crippen LogP contribution in [0.3, 0.4) is 0 Å². The topological polar surface area (TPSA) is 35.2 Å². The van der Waals surface area contributed by atoms with Crippen LogP contribution in [-0.2, 0) is 0 Å². The van der Waals surface area contributed by atoms with E-state index in [1.54, 1.807) is 6.07 Å². The minimum atomic E-state index is -4.20. The summed E-state index contributed by atoms with van der Waals surface area (Å²) in [5.74, 6) is 0.561. The molecule has 0 bridgehead atoms. The summed E-state index contributed by atoms with van der Waals surface area (Å²) >= 11 is 0. The lowest BCUT2D eigenvalue weighted by Crippen LogP contribution is -2.17. The van der Waals surface area contributed by atoms with Crippen LogP contribution >= 0.6 is 12.4 Å². The van der Waals surface area contributed by atoms with Gasteiger partial charge in [-0.2, -0.15) is 13.2 Å². The Labute approximate surface area is 133 Å². The second-order valence-electron chi connectivity index (χ2n) is 4.89. The van der Waals surface area contributed by atoms with Crippen molar-refractivity contribution in [3.05, 3.63) is 42.0 Å². The number of fused-ring (bicyclic) bond motifs is 1. The summed E-state index contributed by atoms with van der Waals surface area (Å²) in [4.78, 5) is 0. The van der Waals surface area contributed by atoms with Crippen LogP contribution in [0, 0.1) is 0 Å². The average Bonchev–Trinajstić information content (AvgIpc) is 2.44. The first-order chi connectivity index (χ1) is 9.92. The molecule has 6 heteroatoms. The standard InChI is InChI=1S/C16H18F3NO.ClH/c1-2-21-14-8-7-11-5-3-4-6-12(11)15(14)13(20)9-10-16(17,18)19;/h3-8,13H,2,9-10,20H2,1H3;1H/t13-;/m1./s1. The first-order valence-electron chi connectivity index (χ1n) is 6.89. The Morgan fingerprint density at radius 2 is 1.82 bits per heavy atom. The molecule has 0 fully saturated rings. The van der Waals surface area contributed by atoms with E-state index in [2.05, 4.69) is 0 Å². The minimum absolute atomic E-state index is 0. The molecule has 1 atom stereocenters. The molecule has 2 rings (SSSR count). The quantitative estimate of drug-likeness (QED) is 0.835. The van der Waals surface area contributed by atoms with E-state index in [0.29, 0.717) is 17.9 Å². The molecule has 0 spiro atoms. The lowest BCUT2D eigenvalue weighted by molar-refractivity contribution is -0.136. The Balaban J connectivity index is 0.00000242. The molecule has 0 aromatic heterocycles. The van der Waals surface area contributed by atoms with Crippen LogP contribution in [0.5, 0.6) is 5.75 Å². The molecule has 2 nitrogen and oxygen atoms in total. The van der Waals surface area contributed by atoms with Crippen LogP contribution in [0.15, 0.2) is 36.4 Å². The number of ether oxygens (including phenoxy) is 1. The van der Waals surface area contributed by atoms with Crippen LogP contribution in [0.1, 0.15) is 31.4 Å². The Hall–Kier alpha value is -1.46. The highest BCUT2D eigenvalue weighted by molar-refractivity contribution is 5.88. The summed E-state index contributed by atoms with van der Waals surface area (Å²) < 4.78 is 42.8. The van der Waals surface area contributed by atoms with E-state index in [1.807, 2.05) is 37.3 Å². The number of alkyl halides is 3. The van der Waals surface area contributed by atoms with Gasteiger partial charge in [-0.3, -0.25) is 0 Å². The molecule has 122 valence electrons. The number of rotatable bonds is 5. The van der Waals surface area contributed by atoms with Gasteiger partial charge in [-0.05, 0) is 30.2 Å². The third kappa shape index (κ3) is 4.52. The summed E-state index contributed by atoms with van der Waals surface area (Å²) in [5, 5.41) is 1.79. The van der Waals surface area contributed by atoms with Crippen LogP contribution < -0.4 is 10.5 Å². The normalized spacial score (nSPS) is 12.8. The number of nitrogens with two attached hydrogens (primary N) is 1. The second-order valence-corrected chi connectivity index (χ2v) is 4.89. The molecule has 2 aromatic rings. The first kappa shape index (κ1) is 18.6. The van der Waals surface area contributed by atoms with E-state index >= 15 is 0 Å². The van der Waals surface area contributed by atoms with E-state index in [1.165, 1.54) is 0 Å². The Bertz CT molecular complexity index is 616. The van der Waals surface area contributed by atoms with Crippen LogP contribution in [0.25, 0.3) is 10.8 Å². The fourth-order valence-electron chi connectivity index (χ4n) is 2.40. The van der Waals surface area contributed by atoms with Gasteiger partial charge < -0.3 is 10.5 Å². The number of halogens is 4. The molecule has 0 aliphatic carbocycles. The molecule has 0 heterocycles. The fourth-order valence-corrected chi connectivity index (χ4v) is 2.40. The molecule has 2 N–H and O–H groups in total. The Morgan fingerprint density at radius 3 is 2.45 bits per heavy atom. The van der Waals surface area contributed by atoms with Crippen molar-refractivity contribution in [2.24, 2.45) is 5.73 Å². The zero-order valence-corrected chi connectivity index (χ0v) is 13.0. The average molecular weight is 334 g/mol. The van der Waals surface area contributed by atoms with Crippen molar-refractivity contribution in [1.82, 2.24) is 0 Å². The molecular formula is C16H19ClF3NO. The molecule has 0 saturated heterocycles. The third-order valence-electron chi connectivity index (χ3n) is 3.34. The largest absolute Gasteiger partial charge is 0.494 e. The van der Waals surface area contributed by atoms with Crippen molar-refractivity contribution in [3.8, 4) is 5.75 Å². The van der Waals surface area contributed by atoms with Crippen molar-refractivity contribution in [1.29, 1.82) is 0 Å². The van der Waals surface area contributed by atoms with Crippen molar-refractivity contribution in [3.63, 3.8) is 0 Å². The first-order valence-corrected chi connectivity index (χ1v) is 6.89. The van der Waals surface area contributed by atoms with E-state index < -0.39 is 18.6 Å². The van der Waals surface area contributed by atoms with Crippen molar-refractivity contribution >= 4 is 23.2 Å². The molecule has 0 saturated carbocycles. The van der Waals surface area contributed by atoms with Gasteiger partial charge >= 0.3 is 6.18 Å².